The molecule has 2 heteroatoms. The lowest BCUT2D eigenvalue weighted by Crippen LogP contribution is -2.19. The maximum absolute atomic E-state index is 12.3. The molecule has 0 saturated carbocycles. The van der Waals surface area contributed by atoms with E-state index in [4.69, 9.17) is 0 Å². The third kappa shape index (κ3) is 1.42. The fraction of sp³-hybridized carbons (Fsp3) is 0.125. The summed E-state index contributed by atoms with van der Waals surface area (Å²) >= 11 is 0. The summed E-state index contributed by atoms with van der Waals surface area (Å²) in [5.41, 5.74) is 3.00. The van der Waals surface area contributed by atoms with Gasteiger partial charge in [0, 0.05) is 11.1 Å². The molecule has 0 radical (unpaired) electrons. The first-order valence-corrected chi connectivity index (χ1v) is 5.97. The molecule has 2 aromatic carbocycles. The fourth-order valence-corrected chi connectivity index (χ4v) is 2.45. The van der Waals surface area contributed by atoms with Crippen molar-refractivity contribution in [3.8, 4) is 11.1 Å². The molecule has 3 rings (SSSR count). The van der Waals surface area contributed by atoms with E-state index in [9.17, 15) is 9.59 Å². The van der Waals surface area contributed by atoms with Gasteiger partial charge in [-0.3, -0.25) is 9.59 Å². The van der Waals surface area contributed by atoms with Crippen molar-refractivity contribution in [2.24, 2.45) is 5.92 Å². The Hall–Kier alpha value is -2.22. The van der Waals surface area contributed by atoms with Gasteiger partial charge >= 0.3 is 0 Å². The molecule has 0 amide bonds. The van der Waals surface area contributed by atoms with E-state index in [1.807, 2.05) is 36.4 Å². The van der Waals surface area contributed by atoms with Crippen molar-refractivity contribution < 1.29 is 9.59 Å². The molecule has 0 bridgehead atoms. The number of benzene rings is 2. The topological polar surface area (TPSA) is 34.1 Å². The van der Waals surface area contributed by atoms with E-state index in [1.54, 1.807) is 19.1 Å². The van der Waals surface area contributed by atoms with E-state index in [1.165, 1.54) is 0 Å². The van der Waals surface area contributed by atoms with Gasteiger partial charge in [0.05, 0.1) is 5.92 Å². The zero-order valence-corrected chi connectivity index (χ0v) is 10.0. The molecular weight excluding hydrogens is 224 g/mol. The molecule has 0 N–H and O–H groups in total. The van der Waals surface area contributed by atoms with E-state index < -0.39 is 5.92 Å². The minimum absolute atomic E-state index is 0.0909. The first kappa shape index (κ1) is 10.9. The van der Waals surface area contributed by atoms with Crippen molar-refractivity contribution in [1.29, 1.82) is 0 Å². The third-order valence-corrected chi connectivity index (χ3v) is 3.46. The molecule has 88 valence electrons. The third-order valence-electron chi connectivity index (χ3n) is 3.46. The van der Waals surface area contributed by atoms with E-state index in [0.29, 0.717) is 11.1 Å². The quantitative estimate of drug-likeness (QED) is 0.657. The summed E-state index contributed by atoms with van der Waals surface area (Å²) in [7, 11) is 0. The fourth-order valence-electron chi connectivity index (χ4n) is 2.45. The summed E-state index contributed by atoms with van der Waals surface area (Å²) in [6.45, 7) is 1.68. The van der Waals surface area contributed by atoms with E-state index in [0.717, 1.165) is 11.1 Å². The van der Waals surface area contributed by atoms with Crippen LogP contribution in [0.15, 0.2) is 48.5 Å². The highest BCUT2D eigenvalue weighted by atomic mass is 16.2. The number of hydrogen-bond acceptors (Lipinski definition) is 2. The molecule has 0 fully saturated rings. The van der Waals surface area contributed by atoms with Crippen LogP contribution in [0.4, 0.5) is 0 Å². The zero-order valence-electron chi connectivity index (χ0n) is 10.0. The summed E-state index contributed by atoms with van der Waals surface area (Å²) in [5, 5.41) is 0. The maximum atomic E-state index is 12.3. The predicted octanol–water partition coefficient (Wildman–Crippen LogP) is 3.37. The normalized spacial score (nSPS) is 14.9. The van der Waals surface area contributed by atoms with Crippen molar-refractivity contribution >= 4 is 11.6 Å². The number of carbonyl (C=O) groups excluding carboxylic acids is 2. The van der Waals surface area contributed by atoms with Gasteiger partial charge in [-0.25, -0.2) is 0 Å². The number of carbonyl (C=O) groups is 2. The average molecular weight is 236 g/mol. The minimum atomic E-state index is -0.602. The van der Waals surface area contributed by atoms with Crippen LogP contribution in [-0.2, 0) is 0 Å². The van der Waals surface area contributed by atoms with Crippen molar-refractivity contribution in [3.63, 3.8) is 0 Å². The van der Waals surface area contributed by atoms with Crippen LogP contribution in [0, 0.1) is 5.92 Å². The predicted molar refractivity (Wildman–Crippen MR) is 69.7 cm³/mol. The molecule has 0 unspecified atom stereocenters. The van der Waals surface area contributed by atoms with Crippen molar-refractivity contribution in [2.45, 2.75) is 6.92 Å². The highest BCUT2D eigenvalue weighted by Crippen LogP contribution is 2.33. The van der Waals surface area contributed by atoms with Crippen molar-refractivity contribution in [2.75, 3.05) is 0 Å². The largest absolute Gasteiger partial charge is 0.293 e. The lowest BCUT2D eigenvalue weighted by Gasteiger charge is -2.06. The van der Waals surface area contributed by atoms with E-state index in [-0.39, 0.29) is 11.6 Å². The Kier molecular flexibility index (Phi) is 2.37. The van der Waals surface area contributed by atoms with Gasteiger partial charge in [-0.05, 0) is 18.1 Å². The Morgan fingerprint density at radius 3 is 1.39 bits per heavy atom. The molecule has 18 heavy (non-hydrogen) atoms. The van der Waals surface area contributed by atoms with Crippen molar-refractivity contribution in [3.05, 3.63) is 59.7 Å². The molecule has 2 nitrogen and oxygen atoms in total. The van der Waals surface area contributed by atoms with Gasteiger partial charge in [-0.2, -0.15) is 0 Å². The molecule has 0 aliphatic heterocycles. The summed E-state index contributed by atoms with van der Waals surface area (Å²) < 4.78 is 0. The monoisotopic (exact) mass is 236 g/mol. The Bertz CT molecular complexity index is 598. The molecule has 0 spiro atoms. The van der Waals surface area contributed by atoms with Crippen LogP contribution < -0.4 is 0 Å². The Morgan fingerprint density at radius 2 is 1.00 bits per heavy atom. The smallest absolute Gasteiger partial charge is 0.174 e. The molecule has 1 aliphatic carbocycles. The van der Waals surface area contributed by atoms with Gasteiger partial charge in [0.15, 0.2) is 11.6 Å². The van der Waals surface area contributed by atoms with Gasteiger partial charge in [0.2, 0.25) is 0 Å². The van der Waals surface area contributed by atoms with Crippen LogP contribution in [0.25, 0.3) is 11.1 Å². The molecule has 0 atom stereocenters. The summed E-state index contributed by atoms with van der Waals surface area (Å²) in [6.07, 6.45) is 0. The van der Waals surface area contributed by atoms with Gasteiger partial charge < -0.3 is 0 Å². The van der Waals surface area contributed by atoms with Crippen molar-refractivity contribution in [1.82, 2.24) is 0 Å². The first-order valence-electron chi connectivity index (χ1n) is 5.97. The molecule has 0 heterocycles. The van der Waals surface area contributed by atoms with Crippen LogP contribution in [-0.4, -0.2) is 11.6 Å². The highest BCUT2D eigenvalue weighted by Gasteiger charge is 2.31. The van der Waals surface area contributed by atoms with E-state index in [2.05, 4.69) is 0 Å². The second-order valence-corrected chi connectivity index (χ2v) is 4.54. The average Bonchev–Trinajstić information content (AvgIpc) is 2.51. The molecule has 0 saturated heterocycles. The second-order valence-electron chi connectivity index (χ2n) is 4.54. The maximum Gasteiger partial charge on any atom is 0.174 e. The number of ketones is 2. The Labute approximate surface area is 105 Å². The Morgan fingerprint density at radius 1 is 0.667 bits per heavy atom. The SMILES string of the molecule is CC1C(=O)c2ccccc2-c2ccccc2C1=O. The second kappa shape index (κ2) is 3.91. The Balaban J connectivity index is 2.40. The summed E-state index contributed by atoms with van der Waals surface area (Å²) in [6, 6.07) is 14.8. The zero-order chi connectivity index (χ0) is 12.7. The van der Waals surface area contributed by atoms with Crippen LogP contribution >= 0.6 is 0 Å². The van der Waals surface area contributed by atoms with Crippen LogP contribution in [0.5, 0.6) is 0 Å². The van der Waals surface area contributed by atoms with Crippen LogP contribution in [0.2, 0.25) is 0 Å². The number of hydrogen-bond donors (Lipinski definition) is 0. The number of fused-ring (bicyclic) bond motifs is 3. The summed E-state index contributed by atoms with van der Waals surface area (Å²) in [5.74, 6) is -0.784. The highest BCUT2D eigenvalue weighted by molar-refractivity contribution is 6.22. The first-order chi connectivity index (χ1) is 8.70. The molecule has 1 aliphatic rings. The van der Waals surface area contributed by atoms with Gasteiger partial charge in [-0.15, -0.1) is 0 Å². The molecule has 2 aromatic rings. The standard InChI is InChI=1S/C16H12O2/c1-10-15(17)13-8-4-2-6-11(13)12-7-3-5-9-14(12)16(10)18/h2-10H,1H3. The lowest BCUT2D eigenvalue weighted by molar-refractivity contribution is 0.0824. The van der Waals surface area contributed by atoms with Gasteiger partial charge in [0.1, 0.15) is 0 Å². The van der Waals surface area contributed by atoms with E-state index >= 15 is 0 Å². The van der Waals surface area contributed by atoms with Crippen LogP contribution in [0.3, 0.4) is 0 Å². The minimum Gasteiger partial charge on any atom is -0.293 e. The lowest BCUT2D eigenvalue weighted by atomic mass is 9.95. The summed E-state index contributed by atoms with van der Waals surface area (Å²) in [4.78, 5) is 24.6. The van der Waals surface area contributed by atoms with Crippen LogP contribution in [0.1, 0.15) is 27.6 Å². The molecular formula is C16H12O2. The van der Waals surface area contributed by atoms with Gasteiger partial charge in [0.25, 0.3) is 0 Å². The van der Waals surface area contributed by atoms with Gasteiger partial charge in [-0.1, -0.05) is 48.5 Å². The number of Topliss-reactive ketones (excluding diaryl/α,β-unsaturated/α-hetero) is 2. The molecule has 0 aromatic heterocycles. The number of rotatable bonds is 0.